The Morgan fingerprint density at radius 3 is 2.45 bits per heavy atom. The van der Waals surface area contributed by atoms with E-state index in [2.05, 4.69) is 46.4 Å². The van der Waals surface area contributed by atoms with E-state index in [9.17, 15) is 4.79 Å². The summed E-state index contributed by atoms with van der Waals surface area (Å²) >= 11 is 0. The van der Waals surface area contributed by atoms with E-state index in [4.69, 9.17) is 0 Å². The molecule has 0 spiro atoms. The second-order valence-corrected chi connectivity index (χ2v) is 7.36. The zero-order valence-electron chi connectivity index (χ0n) is 16.7. The Bertz CT molecular complexity index is 965. The number of nitrogens with one attached hydrogen (secondary N) is 1. The second kappa shape index (κ2) is 8.78. The van der Waals surface area contributed by atoms with Crippen LogP contribution in [-0.2, 0) is 6.54 Å². The summed E-state index contributed by atoms with van der Waals surface area (Å²) in [6.07, 6.45) is 3.42. The molecule has 1 saturated heterocycles. The van der Waals surface area contributed by atoms with E-state index in [-0.39, 0.29) is 5.91 Å². The van der Waals surface area contributed by atoms with Gasteiger partial charge in [-0.1, -0.05) is 42.5 Å². The summed E-state index contributed by atoms with van der Waals surface area (Å²) in [4.78, 5) is 21.5. The van der Waals surface area contributed by atoms with Gasteiger partial charge in [0.25, 0.3) is 5.91 Å². The van der Waals surface area contributed by atoms with Crippen LogP contribution in [0, 0.1) is 6.92 Å². The van der Waals surface area contributed by atoms with Crippen LogP contribution in [0.2, 0.25) is 0 Å². The molecule has 1 aliphatic rings. The van der Waals surface area contributed by atoms with Crippen LogP contribution in [0.15, 0.2) is 73.1 Å². The van der Waals surface area contributed by atoms with Gasteiger partial charge in [0.05, 0.1) is 11.3 Å². The third-order valence-electron chi connectivity index (χ3n) is 5.42. The number of benzene rings is 2. The molecule has 0 unspecified atom stereocenters. The summed E-state index contributed by atoms with van der Waals surface area (Å²) in [5.41, 5.74) is 5.19. The third-order valence-corrected chi connectivity index (χ3v) is 5.42. The molecule has 1 N–H and O–H groups in total. The minimum Gasteiger partial charge on any atom is -0.380 e. The van der Waals surface area contributed by atoms with Gasteiger partial charge >= 0.3 is 0 Å². The number of anilines is 2. The van der Waals surface area contributed by atoms with Crippen LogP contribution < -0.4 is 10.2 Å². The minimum absolute atomic E-state index is 0.0461. The number of hydrogen-bond donors (Lipinski definition) is 1. The first-order chi connectivity index (χ1) is 14.2. The first-order valence-electron chi connectivity index (χ1n) is 10.0. The molecule has 2 heterocycles. The van der Waals surface area contributed by atoms with Crippen molar-refractivity contribution in [2.45, 2.75) is 13.5 Å². The van der Waals surface area contributed by atoms with Gasteiger partial charge in [-0.15, -0.1) is 0 Å². The van der Waals surface area contributed by atoms with Crippen molar-refractivity contribution in [2.24, 2.45) is 0 Å². The van der Waals surface area contributed by atoms with Crippen molar-refractivity contribution in [1.82, 2.24) is 9.88 Å². The summed E-state index contributed by atoms with van der Waals surface area (Å²) in [6.45, 7) is 5.93. The van der Waals surface area contributed by atoms with Crippen molar-refractivity contribution < 1.29 is 4.79 Å². The standard InChI is InChI=1S/C24H26N4O/c1-19-7-5-6-8-20(19)17-26-22-15-21(16-25-18-22)24(29)28-13-11-27(12-14-28)23-9-3-2-4-10-23/h2-10,15-16,18,26H,11-14,17H2,1H3. The van der Waals surface area contributed by atoms with Crippen molar-refractivity contribution >= 4 is 17.3 Å². The van der Waals surface area contributed by atoms with E-state index >= 15 is 0 Å². The Morgan fingerprint density at radius 1 is 0.966 bits per heavy atom. The molecule has 0 radical (unpaired) electrons. The lowest BCUT2D eigenvalue weighted by atomic mass is 10.1. The number of para-hydroxylation sites is 1. The predicted molar refractivity (Wildman–Crippen MR) is 117 cm³/mol. The predicted octanol–water partition coefficient (Wildman–Crippen LogP) is 3.96. The molecule has 4 rings (SSSR count). The number of carbonyl (C=O) groups is 1. The number of aromatic nitrogens is 1. The van der Waals surface area contributed by atoms with Gasteiger partial charge in [-0.25, -0.2) is 0 Å². The lowest BCUT2D eigenvalue weighted by Crippen LogP contribution is -2.48. The second-order valence-electron chi connectivity index (χ2n) is 7.36. The molecule has 3 aromatic rings. The highest BCUT2D eigenvalue weighted by Gasteiger charge is 2.22. The van der Waals surface area contributed by atoms with Gasteiger partial charge in [0.1, 0.15) is 0 Å². The van der Waals surface area contributed by atoms with Crippen molar-refractivity contribution in [2.75, 3.05) is 36.4 Å². The number of piperazine rings is 1. The van der Waals surface area contributed by atoms with E-state index in [1.54, 1.807) is 12.4 Å². The molecule has 1 aromatic heterocycles. The number of pyridine rings is 1. The molecule has 1 amide bonds. The zero-order valence-corrected chi connectivity index (χ0v) is 16.7. The Labute approximate surface area is 172 Å². The fraction of sp³-hybridized carbons (Fsp3) is 0.250. The average molecular weight is 386 g/mol. The molecule has 0 aliphatic carbocycles. The number of amides is 1. The van der Waals surface area contributed by atoms with Gasteiger partial charge < -0.3 is 15.1 Å². The quantitative estimate of drug-likeness (QED) is 0.721. The fourth-order valence-corrected chi connectivity index (χ4v) is 3.65. The molecule has 0 saturated carbocycles. The normalized spacial score (nSPS) is 14.0. The molecular weight excluding hydrogens is 360 g/mol. The van der Waals surface area contributed by atoms with Gasteiger partial charge in [0, 0.05) is 50.8 Å². The Kier molecular flexibility index (Phi) is 5.75. The molecule has 5 nitrogen and oxygen atoms in total. The molecule has 0 atom stereocenters. The topological polar surface area (TPSA) is 48.5 Å². The largest absolute Gasteiger partial charge is 0.380 e. The smallest absolute Gasteiger partial charge is 0.255 e. The van der Waals surface area contributed by atoms with E-state index in [1.807, 2.05) is 41.3 Å². The lowest BCUT2D eigenvalue weighted by molar-refractivity contribution is 0.0746. The Balaban J connectivity index is 1.37. The van der Waals surface area contributed by atoms with Crippen LogP contribution >= 0.6 is 0 Å². The van der Waals surface area contributed by atoms with Crippen LogP contribution in [0.4, 0.5) is 11.4 Å². The molecule has 2 aromatic carbocycles. The highest BCUT2D eigenvalue weighted by Crippen LogP contribution is 2.18. The zero-order chi connectivity index (χ0) is 20.1. The van der Waals surface area contributed by atoms with E-state index < -0.39 is 0 Å². The first-order valence-corrected chi connectivity index (χ1v) is 10.0. The third kappa shape index (κ3) is 4.57. The maximum absolute atomic E-state index is 13.0. The minimum atomic E-state index is 0.0461. The molecule has 148 valence electrons. The number of carbonyl (C=O) groups excluding carboxylic acids is 1. The Morgan fingerprint density at radius 2 is 1.69 bits per heavy atom. The van der Waals surface area contributed by atoms with Crippen LogP contribution in [0.25, 0.3) is 0 Å². The van der Waals surface area contributed by atoms with Gasteiger partial charge in [-0.3, -0.25) is 9.78 Å². The van der Waals surface area contributed by atoms with Crippen molar-refractivity contribution in [1.29, 1.82) is 0 Å². The molecule has 29 heavy (non-hydrogen) atoms. The van der Waals surface area contributed by atoms with Gasteiger partial charge in [-0.2, -0.15) is 0 Å². The average Bonchev–Trinajstić information content (AvgIpc) is 2.79. The molecule has 5 heteroatoms. The van der Waals surface area contributed by atoms with Crippen LogP contribution in [0.3, 0.4) is 0 Å². The van der Waals surface area contributed by atoms with Crippen LogP contribution in [0.1, 0.15) is 21.5 Å². The summed E-state index contributed by atoms with van der Waals surface area (Å²) in [7, 11) is 0. The monoisotopic (exact) mass is 386 g/mol. The van der Waals surface area contributed by atoms with Gasteiger partial charge in [0.15, 0.2) is 0 Å². The molecule has 0 bridgehead atoms. The highest BCUT2D eigenvalue weighted by atomic mass is 16.2. The van der Waals surface area contributed by atoms with E-state index in [1.165, 1.54) is 16.8 Å². The summed E-state index contributed by atoms with van der Waals surface area (Å²) in [6, 6.07) is 20.5. The summed E-state index contributed by atoms with van der Waals surface area (Å²) in [5, 5.41) is 3.39. The number of nitrogens with zero attached hydrogens (tertiary/aromatic N) is 3. The highest BCUT2D eigenvalue weighted by molar-refractivity contribution is 5.95. The Hall–Kier alpha value is -3.34. The first kappa shape index (κ1) is 19.0. The van der Waals surface area contributed by atoms with E-state index in [0.29, 0.717) is 25.2 Å². The fourth-order valence-electron chi connectivity index (χ4n) is 3.65. The summed E-state index contributed by atoms with van der Waals surface area (Å²) < 4.78 is 0. The van der Waals surface area contributed by atoms with Crippen molar-refractivity contribution in [3.8, 4) is 0 Å². The number of hydrogen-bond acceptors (Lipinski definition) is 4. The van der Waals surface area contributed by atoms with Crippen LogP contribution in [0.5, 0.6) is 0 Å². The maximum atomic E-state index is 13.0. The SMILES string of the molecule is Cc1ccccc1CNc1cncc(C(=O)N2CCN(c3ccccc3)CC2)c1. The van der Waals surface area contributed by atoms with Crippen molar-refractivity contribution in [3.05, 3.63) is 89.7 Å². The molecule has 1 fully saturated rings. The lowest BCUT2D eigenvalue weighted by Gasteiger charge is -2.36. The van der Waals surface area contributed by atoms with Crippen molar-refractivity contribution in [3.63, 3.8) is 0 Å². The molecule has 1 aliphatic heterocycles. The maximum Gasteiger partial charge on any atom is 0.255 e. The number of rotatable bonds is 5. The van der Waals surface area contributed by atoms with Gasteiger partial charge in [0.2, 0.25) is 0 Å². The van der Waals surface area contributed by atoms with E-state index in [0.717, 1.165) is 18.8 Å². The summed E-state index contributed by atoms with van der Waals surface area (Å²) in [5.74, 6) is 0.0461. The van der Waals surface area contributed by atoms with Crippen LogP contribution in [-0.4, -0.2) is 42.0 Å². The molecular formula is C24H26N4O. The number of aryl methyl sites for hydroxylation is 1. The van der Waals surface area contributed by atoms with Gasteiger partial charge in [-0.05, 0) is 36.2 Å².